The molecule has 0 radical (unpaired) electrons. The third kappa shape index (κ3) is 6.91. The van der Waals surface area contributed by atoms with Crippen molar-refractivity contribution in [3.63, 3.8) is 0 Å². The maximum absolute atomic E-state index is 5.76. The zero-order chi connectivity index (χ0) is 19.1. The van der Waals surface area contributed by atoms with E-state index >= 15 is 0 Å². The van der Waals surface area contributed by atoms with Gasteiger partial charge in [0, 0.05) is 11.5 Å². The van der Waals surface area contributed by atoms with Gasteiger partial charge in [0.2, 0.25) is 0 Å². The Balaban J connectivity index is 0.000000728. The summed E-state index contributed by atoms with van der Waals surface area (Å²) in [5.74, 6) is 1.55. The standard InChI is InChI=1S/C17H18O.C3H8.C2H6.CH5N/c1-2-18-17-10-6-5-9-16(17)15-12-11-13-7-3-4-8-14(13)15;1-3-2;2*1-2/h3-10,15H,2,11-12H2,1H3;3H2,1-2H3;1-2H3;2H2,1H3. The molecule has 0 aromatic heterocycles. The van der Waals surface area contributed by atoms with Crippen molar-refractivity contribution in [3.05, 3.63) is 65.2 Å². The summed E-state index contributed by atoms with van der Waals surface area (Å²) in [6, 6.07) is 17.2. The summed E-state index contributed by atoms with van der Waals surface area (Å²) >= 11 is 0. The van der Waals surface area contributed by atoms with E-state index in [1.807, 2.05) is 20.8 Å². The summed E-state index contributed by atoms with van der Waals surface area (Å²) in [5, 5.41) is 0. The Hall–Kier alpha value is -1.80. The SMILES string of the molecule is CC.CCC.CCOc1ccccc1C1CCc2ccccc21.CN. The van der Waals surface area contributed by atoms with Crippen molar-refractivity contribution in [1.82, 2.24) is 0 Å². The summed E-state index contributed by atoms with van der Waals surface area (Å²) in [6.45, 7) is 11.0. The minimum Gasteiger partial charge on any atom is -0.494 e. The quantitative estimate of drug-likeness (QED) is 0.722. The van der Waals surface area contributed by atoms with Gasteiger partial charge < -0.3 is 10.5 Å². The highest BCUT2D eigenvalue weighted by atomic mass is 16.5. The molecular formula is C23H37NO. The van der Waals surface area contributed by atoms with E-state index in [2.05, 4.69) is 68.1 Å². The van der Waals surface area contributed by atoms with Crippen molar-refractivity contribution in [2.24, 2.45) is 5.73 Å². The lowest BCUT2D eigenvalue weighted by molar-refractivity contribution is 0.335. The van der Waals surface area contributed by atoms with Gasteiger partial charge in [0.25, 0.3) is 0 Å². The lowest BCUT2D eigenvalue weighted by atomic mass is 9.92. The van der Waals surface area contributed by atoms with Crippen molar-refractivity contribution in [2.45, 2.75) is 59.8 Å². The zero-order valence-electron chi connectivity index (χ0n) is 17.0. The normalized spacial score (nSPS) is 13.8. The number of hydrogen-bond donors (Lipinski definition) is 1. The van der Waals surface area contributed by atoms with Crippen molar-refractivity contribution in [1.29, 1.82) is 0 Å². The zero-order valence-corrected chi connectivity index (χ0v) is 17.0. The molecule has 1 atom stereocenters. The van der Waals surface area contributed by atoms with Crippen molar-refractivity contribution in [3.8, 4) is 5.75 Å². The van der Waals surface area contributed by atoms with E-state index in [1.54, 1.807) is 0 Å². The molecule has 1 unspecified atom stereocenters. The lowest BCUT2D eigenvalue weighted by Crippen LogP contribution is -2.01. The van der Waals surface area contributed by atoms with E-state index in [1.165, 1.54) is 43.0 Å². The first-order valence-corrected chi connectivity index (χ1v) is 9.69. The average Bonchev–Trinajstić information content (AvgIpc) is 3.10. The predicted octanol–water partition coefficient (Wildman–Crippen LogP) is 6.18. The monoisotopic (exact) mass is 343 g/mol. The summed E-state index contributed by atoms with van der Waals surface area (Å²) in [7, 11) is 1.50. The fraction of sp³-hybridized carbons (Fsp3) is 0.478. The van der Waals surface area contributed by atoms with Crippen LogP contribution in [-0.4, -0.2) is 13.7 Å². The van der Waals surface area contributed by atoms with Crippen molar-refractivity contribution < 1.29 is 4.74 Å². The van der Waals surface area contributed by atoms with Crippen LogP contribution < -0.4 is 10.5 Å². The molecule has 0 saturated heterocycles. The molecule has 2 aromatic rings. The summed E-state index contributed by atoms with van der Waals surface area (Å²) in [6.07, 6.45) is 3.63. The molecule has 2 aromatic carbocycles. The molecule has 25 heavy (non-hydrogen) atoms. The van der Waals surface area contributed by atoms with Crippen LogP contribution in [0.4, 0.5) is 0 Å². The number of hydrogen-bond acceptors (Lipinski definition) is 2. The van der Waals surface area contributed by atoms with Gasteiger partial charge in [-0.05, 0) is 44.0 Å². The highest BCUT2D eigenvalue weighted by Gasteiger charge is 2.25. The van der Waals surface area contributed by atoms with Crippen LogP contribution in [0.5, 0.6) is 5.75 Å². The van der Waals surface area contributed by atoms with Gasteiger partial charge in [-0.3, -0.25) is 0 Å². The molecule has 0 fully saturated rings. The molecule has 140 valence electrons. The second-order valence-corrected chi connectivity index (χ2v) is 5.47. The number of fused-ring (bicyclic) bond motifs is 1. The fourth-order valence-corrected chi connectivity index (χ4v) is 2.94. The minimum atomic E-state index is 0.504. The highest BCUT2D eigenvalue weighted by Crippen LogP contribution is 2.41. The van der Waals surface area contributed by atoms with Crippen LogP contribution in [0, 0.1) is 0 Å². The van der Waals surface area contributed by atoms with Crippen LogP contribution in [-0.2, 0) is 6.42 Å². The summed E-state index contributed by atoms with van der Waals surface area (Å²) in [5.41, 5.74) is 8.81. The third-order valence-electron chi connectivity index (χ3n) is 3.73. The van der Waals surface area contributed by atoms with E-state index in [0.717, 1.165) is 12.4 Å². The first-order chi connectivity index (χ1) is 12.3. The molecule has 0 aliphatic heterocycles. The summed E-state index contributed by atoms with van der Waals surface area (Å²) < 4.78 is 5.76. The van der Waals surface area contributed by atoms with E-state index in [0.29, 0.717) is 5.92 Å². The fourth-order valence-electron chi connectivity index (χ4n) is 2.94. The third-order valence-corrected chi connectivity index (χ3v) is 3.73. The van der Waals surface area contributed by atoms with Gasteiger partial charge in [-0.25, -0.2) is 0 Å². The Labute approximate surface area is 155 Å². The van der Waals surface area contributed by atoms with E-state index in [4.69, 9.17) is 4.74 Å². The summed E-state index contributed by atoms with van der Waals surface area (Å²) in [4.78, 5) is 0. The molecule has 2 heteroatoms. The predicted molar refractivity (Wildman–Crippen MR) is 112 cm³/mol. The van der Waals surface area contributed by atoms with E-state index < -0.39 is 0 Å². The molecule has 2 nitrogen and oxygen atoms in total. The van der Waals surface area contributed by atoms with Gasteiger partial charge in [0.05, 0.1) is 6.61 Å². The molecule has 0 saturated carbocycles. The Morgan fingerprint density at radius 2 is 1.40 bits per heavy atom. The number of rotatable bonds is 3. The Bertz CT molecular complexity index is 566. The molecule has 1 aliphatic carbocycles. The van der Waals surface area contributed by atoms with Crippen LogP contribution in [0.2, 0.25) is 0 Å². The number of para-hydroxylation sites is 1. The highest BCUT2D eigenvalue weighted by molar-refractivity contribution is 5.47. The largest absolute Gasteiger partial charge is 0.494 e. The van der Waals surface area contributed by atoms with Crippen LogP contribution >= 0.6 is 0 Å². The molecular weight excluding hydrogens is 306 g/mol. The Morgan fingerprint density at radius 1 is 0.880 bits per heavy atom. The van der Waals surface area contributed by atoms with Crippen molar-refractivity contribution in [2.75, 3.05) is 13.7 Å². The Morgan fingerprint density at radius 3 is 2.00 bits per heavy atom. The molecule has 0 bridgehead atoms. The lowest BCUT2D eigenvalue weighted by Gasteiger charge is -2.16. The van der Waals surface area contributed by atoms with Crippen LogP contribution in [0.3, 0.4) is 0 Å². The van der Waals surface area contributed by atoms with Crippen LogP contribution in [0.25, 0.3) is 0 Å². The maximum Gasteiger partial charge on any atom is 0.123 e. The number of ether oxygens (including phenoxy) is 1. The second kappa shape index (κ2) is 14.5. The number of nitrogens with two attached hydrogens (primary N) is 1. The first kappa shape index (κ1) is 23.2. The molecule has 0 amide bonds. The number of benzene rings is 2. The van der Waals surface area contributed by atoms with Crippen LogP contribution in [0.1, 0.15) is 70.1 Å². The topological polar surface area (TPSA) is 35.2 Å². The van der Waals surface area contributed by atoms with E-state index in [-0.39, 0.29) is 0 Å². The van der Waals surface area contributed by atoms with Gasteiger partial charge in [-0.15, -0.1) is 0 Å². The maximum atomic E-state index is 5.76. The van der Waals surface area contributed by atoms with Gasteiger partial charge in [0.15, 0.2) is 0 Å². The number of aryl methyl sites for hydroxylation is 1. The first-order valence-electron chi connectivity index (χ1n) is 9.69. The molecule has 1 aliphatic rings. The van der Waals surface area contributed by atoms with Gasteiger partial charge >= 0.3 is 0 Å². The van der Waals surface area contributed by atoms with Crippen molar-refractivity contribution >= 4 is 0 Å². The minimum absolute atomic E-state index is 0.504. The average molecular weight is 344 g/mol. The molecule has 3 rings (SSSR count). The second-order valence-electron chi connectivity index (χ2n) is 5.47. The molecule has 2 N–H and O–H groups in total. The van der Waals surface area contributed by atoms with E-state index in [9.17, 15) is 0 Å². The Kier molecular flexibility index (Phi) is 13.5. The van der Waals surface area contributed by atoms with Gasteiger partial charge in [-0.1, -0.05) is 76.6 Å². The van der Waals surface area contributed by atoms with Gasteiger partial charge in [-0.2, -0.15) is 0 Å². The van der Waals surface area contributed by atoms with Crippen LogP contribution in [0.15, 0.2) is 48.5 Å². The van der Waals surface area contributed by atoms with Gasteiger partial charge in [0.1, 0.15) is 5.75 Å². The molecule has 0 heterocycles. The smallest absolute Gasteiger partial charge is 0.123 e. The molecule has 0 spiro atoms.